The molecule has 6 rings (SSSR count). The molecule has 0 unspecified atom stereocenters. The van der Waals surface area contributed by atoms with Crippen LogP contribution < -0.4 is 0 Å². The van der Waals surface area contributed by atoms with E-state index in [9.17, 15) is 9.18 Å². The fourth-order valence-electron chi connectivity index (χ4n) is 4.33. The van der Waals surface area contributed by atoms with E-state index in [-0.39, 0.29) is 12.5 Å². The zero-order valence-electron chi connectivity index (χ0n) is 16.7. The summed E-state index contributed by atoms with van der Waals surface area (Å²) in [5.41, 5.74) is 5.68. The molecule has 7 nitrogen and oxygen atoms in total. The SMILES string of the molecule is O=C1CN=C(n2cnc(C3CC3)c2)C=C2c3cccc(-c4cnc(F)nc4)c3CCN12. The molecule has 3 aliphatic rings. The van der Waals surface area contributed by atoms with E-state index < -0.39 is 6.08 Å². The lowest BCUT2D eigenvalue weighted by atomic mass is 9.89. The van der Waals surface area contributed by atoms with Gasteiger partial charge in [0.15, 0.2) is 0 Å². The van der Waals surface area contributed by atoms with Gasteiger partial charge in [-0.25, -0.2) is 15.0 Å². The lowest BCUT2D eigenvalue weighted by Crippen LogP contribution is -2.36. The highest BCUT2D eigenvalue weighted by atomic mass is 19.1. The minimum Gasteiger partial charge on any atom is -0.310 e. The van der Waals surface area contributed by atoms with E-state index in [1.54, 1.807) is 6.33 Å². The normalized spacial score (nSPS) is 18.1. The Bertz CT molecular complexity index is 1260. The number of carbonyl (C=O) groups is 1. The maximum absolute atomic E-state index is 13.2. The van der Waals surface area contributed by atoms with Gasteiger partial charge in [0.25, 0.3) is 0 Å². The highest BCUT2D eigenvalue weighted by molar-refractivity contribution is 6.06. The predicted molar refractivity (Wildman–Crippen MR) is 113 cm³/mol. The fraction of sp³-hybridized carbons (Fsp3) is 0.261. The van der Waals surface area contributed by atoms with Crippen molar-refractivity contribution in [3.05, 3.63) is 72.1 Å². The molecule has 0 bridgehead atoms. The molecule has 0 atom stereocenters. The molecule has 31 heavy (non-hydrogen) atoms. The van der Waals surface area contributed by atoms with Crippen molar-refractivity contribution in [3.8, 4) is 11.1 Å². The monoisotopic (exact) mass is 414 g/mol. The summed E-state index contributed by atoms with van der Waals surface area (Å²) in [5.74, 6) is 1.23. The molecule has 3 aromatic rings. The number of fused-ring (bicyclic) bond motifs is 3. The van der Waals surface area contributed by atoms with E-state index in [4.69, 9.17) is 0 Å². The first-order chi connectivity index (χ1) is 15.2. The quantitative estimate of drug-likeness (QED) is 0.604. The van der Waals surface area contributed by atoms with Crippen molar-refractivity contribution in [2.24, 2.45) is 4.99 Å². The maximum atomic E-state index is 13.2. The average Bonchev–Trinajstić information content (AvgIpc) is 3.56. The molecule has 1 aromatic carbocycles. The number of aromatic nitrogens is 4. The van der Waals surface area contributed by atoms with Crippen LogP contribution in [0.4, 0.5) is 4.39 Å². The fourth-order valence-corrected chi connectivity index (χ4v) is 4.33. The Morgan fingerprint density at radius 2 is 1.87 bits per heavy atom. The largest absolute Gasteiger partial charge is 0.310 e. The van der Waals surface area contributed by atoms with Crippen LogP contribution in [0.2, 0.25) is 0 Å². The molecule has 2 aromatic heterocycles. The third-order valence-electron chi connectivity index (χ3n) is 6.07. The molecule has 0 saturated heterocycles. The van der Waals surface area contributed by atoms with Crippen LogP contribution in [0.25, 0.3) is 16.8 Å². The van der Waals surface area contributed by atoms with E-state index in [1.807, 2.05) is 39.9 Å². The third-order valence-corrected chi connectivity index (χ3v) is 6.07. The number of hydrogen-bond donors (Lipinski definition) is 0. The van der Waals surface area contributed by atoms with E-state index in [0.717, 1.165) is 33.6 Å². The van der Waals surface area contributed by atoms with Crippen molar-refractivity contribution < 1.29 is 9.18 Å². The highest BCUT2D eigenvalue weighted by Gasteiger charge is 2.30. The zero-order valence-corrected chi connectivity index (χ0v) is 16.7. The molecular formula is C23H19FN6O. The van der Waals surface area contributed by atoms with Crippen LogP contribution in [0.5, 0.6) is 0 Å². The molecule has 0 N–H and O–H groups in total. The first kappa shape index (κ1) is 18.1. The van der Waals surface area contributed by atoms with Crippen molar-refractivity contribution in [2.75, 3.05) is 13.1 Å². The summed E-state index contributed by atoms with van der Waals surface area (Å²) in [5, 5.41) is 0. The number of benzene rings is 1. The number of amides is 1. The first-order valence-corrected chi connectivity index (χ1v) is 10.4. The number of carbonyl (C=O) groups excluding carboxylic acids is 1. The Hall–Kier alpha value is -3.68. The molecule has 0 radical (unpaired) electrons. The summed E-state index contributed by atoms with van der Waals surface area (Å²) in [4.78, 5) is 31.1. The number of hydrogen-bond acceptors (Lipinski definition) is 5. The molecule has 0 spiro atoms. The van der Waals surface area contributed by atoms with Crippen molar-refractivity contribution in [3.63, 3.8) is 0 Å². The van der Waals surface area contributed by atoms with Gasteiger partial charge in [-0.1, -0.05) is 18.2 Å². The molecule has 2 aliphatic heterocycles. The zero-order chi connectivity index (χ0) is 20.9. The second-order valence-electron chi connectivity index (χ2n) is 8.05. The lowest BCUT2D eigenvalue weighted by Gasteiger charge is -2.31. The van der Waals surface area contributed by atoms with Crippen LogP contribution in [0.3, 0.4) is 0 Å². The Kier molecular flexibility index (Phi) is 4.05. The van der Waals surface area contributed by atoms with Gasteiger partial charge < -0.3 is 4.90 Å². The number of nitrogens with zero attached hydrogens (tertiary/aromatic N) is 6. The Morgan fingerprint density at radius 3 is 2.68 bits per heavy atom. The standard InChI is InChI=1S/C23H19FN6O/c24-23-26-9-15(10-27-23)16-2-1-3-18-17(16)6-7-30-20(18)8-21(25-11-22(30)31)29-12-19(28-13-29)14-4-5-14/h1-3,8-10,12-14H,4-7,11H2. The van der Waals surface area contributed by atoms with Crippen molar-refractivity contribution in [1.29, 1.82) is 0 Å². The molecule has 8 heteroatoms. The van der Waals surface area contributed by atoms with Gasteiger partial charge >= 0.3 is 6.08 Å². The van der Waals surface area contributed by atoms with Gasteiger partial charge in [0.1, 0.15) is 18.7 Å². The summed E-state index contributed by atoms with van der Waals surface area (Å²) in [6.45, 7) is 0.671. The summed E-state index contributed by atoms with van der Waals surface area (Å²) in [6.07, 6.45) is 11.1. The summed E-state index contributed by atoms with van der Waals surface area (Å²) < 4.78 is 15.1. The summed E-state index contributed by atoms with van der Waals surface area (Å²) >= 11 is 0. The minimum absolute atomic E-state index is 0.0232. The number of rotatable bonds is 2. The van der Waals surface area contributed by atoms with Gasteiger partial charge in [-0.3, -0.25) is 14.4 Å². The summed E-state index contributed by atoms with van der Waals surface area (Å²) in [6, 6.07) is 5.94. The number of halogens is 1. The van der Waals surface area contributed by atoms with Gasteiger partial charge in [-0.15, -0.1) is 0 Å². The summed E-state index contributed by atoms with van der Waals surface area (Å²) in [7, 11) is 0. The molecule has 1 amide bonds. The van der Waals surface area contributed by atoms with Gasteiger partial charge in [0, 0.05) is 48.3 Å². The van der Waals surface area contributed by atoms with Crippen LogP contribution in [0.15, 0.2) is 54.2 Å². The van der Waals surface area contributed by atoms with Crippen molar-refractivity contribution in [2.45, 2.75) is 25.2 Å². The molecule has 1 fully saturated rings. The van der Waals surface area contributed by atoms with Crippen LogP contribution in [0.1, 0.15) is 35.6 Å². The van der Waals surface area contributed by atoms with Gasteiger partial charge in [-0.2, -0.15) is 4.39 Å². The second-order valence-corrected chi connectivity index (χ2v) is 8.05. The minimum atomic E-state index is -0.747. The van der Waals surface area contributed by atoms with Crippen LogP contribution in [-0.4, -0.2) is 49.3 Å². The highest BCUT2D eigenvalue weighted by Crippen LogP contribution is 2.39. The molecule has 1 saturated carbocycles. The third kappa shape index (κ3) is 3.15. The second kappa shape index (κ2) is 6.94. The van der Waals surface area contributed by atoms with Gasteiger partial charge in [-0.05, 0) is 30.4 Å². The molecular weight excluding hydrogens is 395 g/mol. The van der Waals surface area contributed by atoms with Crippen LogP contribution in [-0.2, 0) is 11.2 Å². The lowest BCUT2D eigenvalue weighted by molar-refractivity contribution is -0.126. The topological polar surface area (TPSA) is 76.3 Å². The smallest absolute Gasteiger partial charge is 0.308 e. The Morgan fingerprint density at radius 1 is 1.06 bits per heavy atom. The number of imidazole rings is 1. The van der Waals surface area contributed by atoms with Crippen molar-refractivity contribution >= 4 is 17.4 Å². The van der Waals surface area contributed by atoms with Crippen molar-refractivity contribution in [1.82, 2.24) is 24.4 Å². The van der Waals surface area contributed by atoms with Crippen LogP contribution in [0, 0.1) is 6.08 Å². The maximum Gasteiger partial charge on any atom is 0.308 e. The first-order valence-electron chi connectivity index (χ1n) is 10.4. The average molecular weight is 414 g/mol. The van der Waals surface area contributed by atoms with Crippen LogP contribution >= 0.6 is 0 Å². The Labute approximate surface area is 178 Å². The predicted octanol–water partition coefficient (Wildman–Crippen LogP) is 3.04. The van der Waals surface area contributed by atoms with E-state index in [1.165, 1.54) is 25.2 Å². The number of aliphatic imine (C=N–C) groups is 1. The molecule has 4 heterocycles. The molecule has 154 valence electrons. The van der Waals surface area contributed by atoms with E-state index in [0.29, 0.717) is 24.7 Å². The number of allylic oxidation sites excluding steroid dienone is 1. The van der Waals surface area contributed by atoms with Gasteiger partial charge in [0.05, 0.1) is 11.4 Å². The van der Waals surface area contributed by atoms with E-state index >= 15 is 0 Å². The Balaban J connectivity index is 1.45. The van der Waals surface area contributed by atoms with Gasteiger partial charge in [0.2, 0.25) is 5.91 Å². The molecule has 1 aliphatic carbocycles. The van der Waals surface area contributed by atoms with E-state index in [2.05, 4.69) is 19.9 Å².